The van der Waals surface area contributed by atoms with Crippen molar-refractivity contribution in [1.82, 2.24) is 20.0 Å². The van der Waals surface area contributed by atoms with Gasteiger partial charge >= 0.3 is 5.69 Å². The van der Waals surface area contributed by atoms with Crippen LogP contribution in [0.1, 0.15) is 19.8 Å². The third-order valence-corrected chi connectivity index (χ3v) is 3.86. The van der Waals surface area contributed by atoms with E-state index in [1.807, 2.05) is 0 Å². The van der Waals surface area contributed by atoms with E-state index in [2.05, 4.69) is 27.2 Å². The number of nitrogens with two attached hydrogens (primary N) is 1. The number of aliphatic imine (C=N–C) groups is 1. The van der Waals surface area contributed by atoms with Crippen molar-refractivity contribution in [2.45, 2.75) is 32.4 Å². The summed E-state index contributed by atoms with van der Waals surface area (Å²) in [7, 11) is 0. The Morgan fingerprint density at radius 3 is 3.18 bits per heavy atom. The van der Waals surface area contributed by atoms with Gasteiger partial charge < -0.3 is 11.1 Å². The SMILES string of the molecule is CCN1CCCC1CN=C(N)NCCn1cc([N+](=O)[O-])cn1. The summed E-state index contributed by atoms with van der Waals surface area (Å²) >= 11 is 0. The van der Waals surface area contributed by atoms with E-state index in [9.17, 15) is 10.1 Å². The molecule has 0 bridgehead atoms. The number of likely N-dealkylation sites (tertiary alicyclic amines) is 1. The van der Waals surface area contributed by atoms with Gasteiger partial charge in [-0.2, -0.15) is 5.10 Å². The van der Waals surface area contributed by atoms with E-state index in [0.29, 0.717) is 31.6 Å². The van der Waals surface area contributed by atoms with Gasteiger partial charge in [0.05, 0.1) is 18.0 Å². The first kappa shape index (κ1) is 16.2. The van der Waals surface area contributed by atoms with Gasteiger partial charge in [0.2, 0.25) is 0 Å². The van der Waals surface area contributed by atoms with Crippen molar-refractivity contribution in [3.05, 3.63) is 22.5 Å². The van der Waals surface area contributed by atoms with E-state index in [1.165, 1.54) is 29.9 Å². The third kappa shape index (κ3) is 4.42. The number of rotatable bonds is 7. The molecule has 2 rings (SSSR count). The first-order valence-corrected chi connectivity index (χ1v) is 7.55. The number of likely N-dealkylation sites (N-methyl/N-ethyl adjacent to an activating group) is 1. The van der Waals surface area contributed by atoms with Gasteiger partial charge in [0.25, 0.3) is 0 Å². The van der Waals surface area contributed by atoms with E-state index in [1.54, 1.807) is 0 Å². The fraction of sp³-hybridized carbons (Fsp3) is 0.692. The summed E-state index contributed by atoms with van der Waals surface area (Å²) in [6, 6.07) is 0.485. The number of guanidine groups is 1. The minimum Gasteiger partial charge on any atom is -0.370 e. The van der Waals surface area contributed by atoms with Crippen LogP contribution in [0.5, 0.6) is 0 Å². The van der Waals surface area contributed by atoms with Gasteiger partial charge in [-0.25, -0.2) is 0 Å². The van der Waals surface area contributed by atoms with Crippen LogP contribution in [-0.2, 0) is 6.54 Å². The molecule has 9 heteroatoms. The average molecular weight is 309 g/mol. The maximum absolute atomic E-state index is 10.6. The number of nitrogens with zero attached hydrogens (tertiary/aromatic N) is 5. The molecule has 0 aromatic carbocycles. The molecule has 0 spiro atoms. The van der Waals surface area contributed by atoms with Gasteiger partial charge in [0.15, 0.2) is 5.96 Å². The van der Waals surface area contributed by atoms with Gasteiger partial charge in [-0.05, 0) is 25.9 Å². The zero-order valence-corrected chi connectivity index (χ0v) is 12.8. The highest BCUT2D eigenvalue weighted by molar-refractivity contribution is 5.77. The molecule has 1 atom stereocenters. The molecule has 1 fully saturated rings. The first-order chi connectivity index (χ1) is 10.6. The van der Waals surface area contributed by atoms with Crippen LogP contribution in [0, 0.1) is 10.1 Å². The van der Waals surface area contributed by atoms with Crippen molar-refractivity contribution in [2.24, 2.45) is 10.7 Å². The highest BCUT2D eigenvalue weighted by Crippen LogP contribution is 2.16. The second kappa shape index (κ2) is 7.74. The largest absolute Gasteiger partial charge is 0.370 e. The van der Waals surface area contributed by atoms with Crippen molar-refractivity contribution in [3.8, 4) is 0 Å². The van der Waals surface area contributed by atoms with Gasteiger partial charge in [-0.15, -0.1) is 0 Å². The Bertz CT molecular complexity index is 528. The molecule has 1 aromatic heterocycles. The molecule has 0 amide bonds. The topological polar surface area (TPSA) is 115 Å². The molecule has 22 heavy (non-hydrogen) atoms. The second-order valence-corrected chi connectivity index (χ2v) is 5.30. The predicted octanol–water partition coefficient (Wildman–Crippen LogP) is 0.180. The summed E-state index contributed by atoms with van der Waals surface area (Å²) in [5, 5.41) is 17.5. The summed E-state index contributed by atoms with van der Waals surface area (Å²) in [6.07, 6.45) is 5.02. The molecule has 0 aliphatic carbocycles. The molecule has 3 N–H and O–H groups in total. The van der Waals surface area contributed by atoms with Gasteiger partial charge in [0.1, 0.15) is 12.4 Å². The van der Waals surface area contributed by atoms with Crippen LogP contribution in [0.15, 0.2) is 17.4 Å². The Morgan fingerprint density at radius 2 is 2.50 bits per heavy atom. The lowest BCUT2D eigenvalue weighted by Gasteiger charge is -2.20. The molecule has 1 saturated heterocycles. The monoisotopic (exact) mass is 309 g/mol. The van der Waals surface area contributed by atoms with E-state index in [4.69, 9.17) is 5.73 Å². The second-order valence-electron chi connectivity index (χ2n) is 5.30. The van der Waals surface area contributed by atoms with Crippen molar-refractivity contribution in [3.63, 3.8) is 0 Å². The van der Waals surface area contributed by atoms with Crippen LogP contribution in [0.4, 0.5) is 5.69 Å². The molecule has 1 aliphatic heterocycles. The highest BCUT2D eigenvalue weighted by atomic mass is 16.6. The Kier molecular flexibility index (Phi) is 5.70. The Labute approximate surface area is 129 Å². The minimum atomic E-state index is -0.464. The Balaban J connectivity index is 1.71. The van der Waals surface area contributed by atoms with Crippen LogP contribution in [0.3, 0.4) is 0 Å². The standard InChI is InChI=1S/C13H23N7O2/c1-2-18-6-3-4-11(18)8-16-13(14)15-5-7-19-10-12(9-17-19)20(21)22/h9-11H,2-8H2,1H3,(H3,14,15,16). The summed E-state index contributed by atoms with van der Waals surface area (Å²) < 4.78 is 1.51. The minimum absolute atomic E-state index is 0.0115. The summed E-state index contributed by atoms with van der Waals surface area (Å²) in [6.45, 7) is 6.07. The number of hydrogen-bond donors (Lipinski definition) is 2. The smallest absolute Gasteiger partial charge is 0.306 e. The van der Waals surface area contributed by atoms with E-state index in [0.717, 1.165) is 13.1 Å². The van der Waals surface area contributed by atoms with E-state index in [-0.39, 0.29) is 5.69 Å². The zero-order chi connectivity index (χ0) is 15.9. The summed E-state index contributed by atoms with van der Waals surface area (Å²) in [4.78, 5) is 16.9. The van der Waals surface area contributed by atoms with Crippen LogP contribution in [0.2, 0.25) is 0 Å². The lowest BCUT2D eigenvalue weighted by Crippen LogP contribution is -2.37. The molecule has 122 valence electrons. The number of aromatic nitrogens is 2. The average Bonchev–Trinajstić information content (AvgIpc) is 3.13. The molecule has 0 saturated carbocycles. The molecular weight excluding hydrogens is 286 g/mol. The van der Waals surface area contributed by atoms with Crippen LogP contribution >= 0.6 is 0 Å². The van der Waals surface area contributed by atoms with Crippen molar-refractivity contribution in [1.29, 1.82) is 0 Å². The number of nitrogens with one attached hydrogen (secondary N) is 1. The summed E-state index contributed by atoms with van der Waals surface area (Å²) in [5.41, 5.74) is 5.83. The quantitative estimate of drug-likeness (QED) is 0.321. The van der Waals surface area contributed by atoms with E-state index < -0.39 is 4.92 Å². The Morgan fingerprint density at radius 1 is 1.68 bits per heavy atom. The molecule has 0 radical (unpaired) electrons. The van der Waals surface area contributed by atoms with Gasteiger partial charge in [-0.3, -0.25) is 24.7 Å². The fourth-order valence-electron chi connectivity index (χ4n) is 2.65. The molecule has 9 nitrogen and oxygen atoms in total. The number of nitro groups is 1. The predicted molar refractivity (Wildman–Crippen MR) is 83.6 cm³/mol. The van der Waals surface area contributed by atoms with Crippen molar-refractivity contribution < 1.29 is 4.92 Å². The third-order valence-electron chi connectivity index (χ3n) is 3.86. The van der Waals surface area contributed by atoms with Crippen molar-refractivity contribution >= 4 is 11.6 Å². The maximum Gasteiger partial charge on any atom is 0.306 e. The molecule has 2 heterocycles. The number of hydrogen-bond acceptors (Lipinski definition) is 5. The van der Waals surface area contributed by atoms with Gasteiger partial charge in [-0.1, -0.05) is 6.92 Å². The normalized spacial score (nSPS) is 19.5. The van der Waals surface area contributed by atoms with Gasteiger partial charge in [0, 0.05) is 12.6 Å². The molecule has 1 aliphatic rings. The van der Waals surface area contributed by atoms with E-state index >= 15 is 0 Å². The van der Waals surface area contributed by atoms with Crippen molar-refractivity contribution in [2.75, 3.05) is 26.2 Å². The van der Waals surface area contributed by atoms with Crippen LogP contribution < -0.4 is 11.1 Å². The lowest BCUT2D eigenvalue weighted by atomic mass is 10.2. The fourth-order valence-corrected chi connectivity index (χ4v) is 2.65. The summed E-state index contributed by atoms with van der Waals surface area (Å²) in [5.74, 6) is 0.407. The Hall–Kier alpha value is -2.16. The maximum atomic E-state index is 10.6. The lowest BCUT2D eigenvalue weighted by molar-refractivity contribution is -0.385. The molecular formula is C13H23N7O2. The first-order valence-electron chi connectivity index (χ1n) is 7.55. The molecule has 1 aromatic rings. The molecule has 1 unspecified atom stereocenters. The zero-order valence-electron chi connectivity index (χ0n) is 12.8. The highest BCUT2D eigenvalue weighted by Gasteiger charge is 2.22. The van der Waals surface area contributed by atoms with Crippen LogP contribution in [0.25, 0.3) is 0 Å². The van der Waals surface area contributed by atoms with Crippen LogP contribution in [-0.4, -0.2) is 57.8 Å².